The molecule has 2 rings (SSSR count). The molecule has 0 spiro atoms. The quantitative estimate of drug-likeness (QED) is 0.886. The van der Waals surface area contributed by atoms with Crippen molar-refractivity contribution in [1.29, 1.82) is 0 Å². The van der Waals surface area contributed by atoms with Gasteiger partial charge in [-0.1, -0.05) is 24.2 Å². The van der Waals surface area contributed by atoms with Gasteiger partial charge in [0.15, 0.2) is 0 Å². The van der Waals surface area contributed by atoms with Crippen LogP contribution in [0.25, 0.3) is 5.57 Å². The van der Waals surface area contributed by atoms with Crippen molar-refractivity contribution in [2.75, 3.05) is 7.11 Å². The molecule has 0 amide bonds. The maximum atomic E-state index is 6.04. The van der Waals surface area contributed by atoms with Gasteiger partial charge in [0.2, 0.25) is 0 Å². The highest BCUT2D eigenvalue weighted by atomic mass is 35.5. The minimum atomic E-state index is 0.563. The van der Waals surface area contributed by atoms with Crippen LogP contribution in [-0.2, 0) is 0 Å². The van der Waals surface area contributed by atoms with Crippen molar-refractivity contribution in [3.8, 4) is 5.75 Å². The second kappa shape index (κ2) is 4.41. The third kappa shape index (κ3) is 1.95. The van der Waals surface area contributed by atoms with E-state index in [-0.39, 0.29) is 0 Å². The summed E-state index contributed by atoms with van der Waals surface area (Å²) in [6.07, 6.45) is 3.44. The van der Waals surface area contributed by atoms with Crippen LogP contribution in [0.5, 0.6) is 5.75 Å². The Hall–Kier alpha value is -1.74. The first-order valence-corrected chi connectivity index (χ1v) is 5.12. The number of imidazole rings is 1. The number of methoxy groups -OCH3 is 1. The summed E-state index contributed by atoms with van der Waals surface area (Å²) in [5.74, 6) is 1.39. The number of ether oxygens (including phenoxy) is 1. The largest absolute Gasteiger partial charge is 0.495 e. The van der Waals surface area contributed by atoms with Crippen molar-refractivity contribution in [3.63, 3.8) is 0 Å². The van der Waals surface area contributed by atoms with E-state index in [1.807, 2.05) is 18.2 Å². The minimum Gasteiger partial charge on any atom is -0.495 e. The Morgan fingerprint density at radius 2 is 2.31 bits per heavy atom. The average Bonchev–Trinajstić information content (AvgIpc) is 2.81. The molecule has 0 aliphatic rings. The van der Waals surface area contributed by atoms with Crippen LogP contribution in [-0.4, -0.2) is 17.1 Å². The van der Waals surface area contributed by atoms with Crippen LogP contribution in [0.3, 0.4) is 0 Å². The molecule has 2 aromatic rings. The molecule has 0 radical (unpaired) electrons. The molecule has 0 saturated heterocycles. The molecule has 0 fully saturated rings. The third-order valence-corrected chi connectivity index (χ3v) is 2.58. The lowest BCUT2D eigenvalue weighted by Gasteiger charge is -2.06. The van der Waals surface area contributed by atoms with E-state index in [1.54, 1.807) is 19.5 Å². The zero-order valence-electron chi connectivity index (χ0n) is 8.83. The molecule has 1 aromatic carbocycles. The number of hydrogen-bond donors (Lipinski definition) is 1. The molecule has 82 valence electrons. The van der Waals surface area contributed by atoms with E-state index < -0.39 is 0 Å². The van der Waals surface area contributed by atoms with Crippen molar-refractivity contribution >= 4 is 17.2 Å². The number of benzene rings is 1. The van der Waals surface area contributed by atoms with Gasteiger partial charge in [0.05, 0.1) is 12.1 Å². The number of aromatic amines is 1. The maximum Gasteiger partial charge on any atom is 0.137 e. The topological polar surface area (TPSA) is 37.9 Å². The normalized spacial score (nSPS) is 10.1. The van der Waals surface area contributed by atoms with E-state index in [0.717, 1.165) is 17.0 Å². The number of aromatic nitrogens is 2. The van der Waals surface area contributed by atoms with E-state index in [2.05, 4.69) is 16.5 Å². The Kier molecular flexibility index (Phi) is 2.97. The van der Waals surface area contributed by atoms with E-state index >= 15 is 0 Å². The first-order chi connectivity index (χ1) is 7.72. The summed E-state index contributed by atoms with van der Waals surface area (Å²) in [6.45, 7) is 3.97. The van der Waals surface area contributed by atoms with E-state index in [9.17, 15) is 0 Å². The molecule has 4 heteroatoms. The Bertz CT molecular complexity index is 506. The number of nitrogens with one attached hydrogen (secondary N) is 1. The van der Waals surface area contributed by atoms with Crippen LogP contribution < -0.4 is 4.74 Å². The van der Waals surface area contributed by atoms with Crippen molar-refractivity contribution in [1.82, 2.24) is 9.97 Å². The predicted octanol–water partition coefficient (Wildman–Crippen LogP) is 3.13. The highest BCUT2D eigenvalue weighted by molar-refractivity contribution is 6.32. The van der Waals surface area contributed by atoms with Crippen molar-refractivity contribution in [2.24, 2.45) is 0 Å². The molecule has 0 aliphatic carbocycles. The van der Waals surface area contributed by atoms with Gasteiger partial charge in [0.25, 0.3) is 0 Å². The minimum absolute atomic E-state index is 0.563. The maximum absolute atomic E-state index is 6.04. The van der Waals surface area contributed by atoms with Crippen LogP contribution in [0.1, 0.15) is 11.4 Å². The van der Waals surface area contributed by atoms with Gasteiger partial charge in [0, 0.05) is 18.0 Å². The highest BCUT2D eigenvalue weighted by Crippen LogP contribution is 2.28. The molecule has 16 heavy (non-hydrogen) atoms. The second-order valence-corrected chi connectivity index (χ2v) is 3.67. The SMILES string of the molecule is C=C(c1ccc(OC)c(Cl)c1)c1ncc[nH]1. The summed E-state index contributed by atoms with van der Waals surface area (Å²) < 4.78 is 5.09. The molecule has 0 aliphatic heterocycles. The summed E-state index contributed by atoms with van der Waals surface area (Å²) in [5.41, 5.74) is 1.72. The van der Waals surface area contributed by atoms with Gasteiger partial charge >= 0.3 is 0 Å². The van der Waals surface area contributed by atoms with E-state index in [4.69, 9.17) is 16.3 Å². The first-order valence-electron chi connectivity index (χ1n) is 4.75. The van der Waals surface area contributed by atoms with Gasteiger partial charge in [0.1, 0.15) is 11.6 Å². The van der Waals surface area contributed by atoms with Crippen LogP contribution in [0.15, 0.2) is 37.2 Å². The van der Waals surface area contributed by atoms with Crippen LogP contribution >= 0.6 is 11.6 Å². The van der Waals surface area contributed by atoms with Crippen molar-refractivity contribution in [3.05, 3.63) is 53.6 Å². The molecule has 1 N–H and O–H groups in total. The molecule has 3 nitrogen and oxygen atoms in total. The fourth-order valence-corrected chi connectivity index (χ4v) is 1.68. The lowest BCUT2D eigenvalue weighted by Crippen LogP contribution is -1.90. The molecule has 0 atom stereocenters. The highest BCUT2D eigenvalue weighted by Gasteiger charge is 2.07. The summed E-state index contributed by atoms with van der Waals surface area (Å²) in [6, 6.07) is 5.52. The second-order valence-electron chi connectivity index (χ2n) is 3.27. The smallest absolute Gasteiger partial charge is 0.137 e. The van der Waals surface area contributed by atoms with Gasteiger partial charge in [-0.15, -0.1) is 0 Å². The molecule has 0 unspecified atom stereocenters. The van der Waals surface area contributed by atoms with Gasteiger partial charge in [-0.25, -0.2) is 4.98 Å². The Balaban J connectivity index is 2.35. The zero-order chi connectivity index (χ0) is 11.5. The molecular formula is C12H11ClN2O. The molecule has 0 bridgehead atoms. The lowest BCUT2D eigenvalue weighted by atomic mass is 10.1. The summed E-state index contributed by atoms with van der Waals surface area (Å²) in [4.78, 5) is 7.13. The number of hydrogen-bond acceptors (Lipinski definition) is 2. The van der Waals surface area contributed by atoms with Crippen LogP contribution in [0.4, 0.5) is 0 Å². The van der Waals surface area contributed by atoms with Gasteiger partial charge in [-0.2, -0.15) is 0 Å². The number of nitrogens with zero attached hydrogens (tertiary/aromatic N) is 1. The van der Waals surface area contributed by atoms with Crippen molar-refractivity contribution in [2.45, 2.75) is 0 Å². The summed E-state index contributed by atoms with van der Waals surface area (Å²) >= 11 is 6.04. The number of rotatable bonds is 3. The molecular weight excluding hydrogens is 224 g/mol. The predicted molar refractivity (Wildman–Crippen MR) is 64.7 cm³/mol. The fourth-order valence-electron chi connectivity index (χ4n) is 1.42. The van der Waals surface area contributed by atoms with E-state index in [1.165, 1.54) is 0 Å². The average molecular weight is 235 g/mol. The standard InChI is InChI=1S/C12H11ClN2O/c1-8(12-14-5-6-15-12)9-3-4-11(16-2)10(13)7-9/h3-7H,1H2,2H3,(H,14,15). The van der Waals surface area contributed by atoms with Crippen molar-refractivity contribution < 1.29 is 4.74 Å². The fraction of sp³-hybridized carbons (Fsp3) is 0.0833. The Morgan fingerprint density at radius 1 is 1.50 bits per heavy atom. The van der Waals surface area contributed by atoms with Gasteiger partial charge < -0.3 is 9.72 Å². The Labute approximate surface area is 98.7 Å². The summed E-state index contributed by atoms with van der Waals surface area (Å²) in [7, 11) is 1.59. The lowest BCUT2D eigenvalue weighted by molar-refractivity contribution is 0.415. The molecule has 0 saturated carbocycles. The van der Waals surface area contributed by atoms with Crippen LogP contribution in [0.2, 0.25) is 5.02 Å². The third-order valence-electron chi connectivity index (χ3n) is 2.28. The summed E-state index contributed by atoms with van der Waals surface area (Å²) in [5, 5.41) is 0.563. The number of halogens is 1. The monoisotopic (exact) mass is 234 g/mol. The molecule has 1 aromatic heterocycles. The molecule has 1 heterocycles. The zero-order valence-corrected chi connectivity index (χ0v) is 9.58. The van der Waals surface area contributed by atoms with E-state index in [0.29, 0.717) is 10.8 Å². The number of H-pyrrole nitrogens is 1. The van der Waals surface area contributed by atoms with Gasteiger partial charge in [-0.05, 0) is 17.7 Å². The van der Waals surface area contributed by atoms with Crippen LogP contribution in [0, 0.1) is 0 Å². The first kappa shape index (κ1) is 10.8. The van der Waals surface area contributed by atoms with Gasteiger partial charge in [-0.3, -0.25) is 0 Å². The Morgan fingerprint density at radius 3 is 2.88 bits per heavy atom.